The highest BCUT2D eigenvalue weighted by Crippen LogP contribution is 2.17. The molecule has 1 atom stereocenters. The molecule has 0 saturated carbocycles. The molecule has 14 heavy (non-hydrogen) atoms. The van der Waals surface area contributed by atoms with Crippen molar-refractivity contribution in [2.24, 2.45) is 0 Å². The summed E-state index contributed by atoms with van der Waals surface area (Å²) < 4.78 is 36.2. The molecule has 0 spiro atoms. The molecule has 0 aliphatic rings. The Morgan fingerprint density at radius 1 is 1.29 bits per heavy atom. The zero-order valence-electron chi connectivity index (χ0n) is 8.99. The van der Waals surface area contributed by atoms with Crippen LogP contribution in [0.25, 0.3) is 0 Å². The number of likely N-dealkylation sites (N-methyl/N-ethyl adjacent to an activating group) is 2. The fraction of sp³-hybridized carbons (Fsp3) is 1.00. The van der Waals surface area contributed by atoms with Crippen molar-refractivity contribution < 1.29 is 13.2 Å². The SMILES string of the molecule is CCNCC(CC)N(C)CC(F)(F)F. The van der Waals surface area contributed by atoms with Gasteiger partial charge in [0.15, 0.2) is 0 Å². The van der Waals surface area contributed by atoms with Crippen LogP contribution in [0.3, 0.4) is 0 Å². The summed E-state index contributed by atoms with van der Waals surface area (Å²) >= 11 is 0. The average Bonchev–Trinajstić information content (AvgIpc) is 2.02. The fourth-order valence-corrected chi connectivity index (χ4v) is 1.33. The van der Waals surface area contributed by atoms with Crippen molar-refractivity contribution in [3.8, 4) is 0 Å². The van der Waals surface area contributed by atoms with E-state index < -0.39 is 12.7 Å². The van der Waals surface area contributed by atoms with E-state index in [1.54, 1.807) is 0 Å². The predicted molar refractivity (Wildman–Crippen MR) is 51.3 cm³/mol. The number of halogens is 3. The lowest BCUT2D eigenvalue weighted by Crippen LogP contribution is -2.43. The Morgan fingerprint density at radius 2 is 1.86 bits per heavy atom. The van der Waals surface area contributed by atoms with Gasteiger partial charge in [0.05, 0.1) is 6.54 Å². The van der Waals surface area contributed by atoms with Crippen molar-refractivity contribution in [1.82, 2.24) is 10.2 Å². The summed E-state index contributed by atoms with van der Waals surface area (Å²) in [5.74, 6) is 0. The summed E-state index contributed by atoms with van der Waals surface area (Å²) in [4.78, 5) is 1.35. The number of nitrogens with one attached hydrogen (secondary N) is 1. The molecule has 0 aromatic rings. The van der Waals surface area contributed by atoms with Crippen molar-refractivity contribution in [3.63, 3.8) is 0 Å². The molecule has 0 fully saturated rings. The third-order valence-electron chi connectivity index (χ3n) is 2.15. The van der Waals surface area contributed by atoms with Gasteiger partial charge in [-0.25, -0.2) is 0 Å². The van der Waals surface area contributed by atoms with Gasteiger partial charge in [-0.2, -0.15) is 13.2 Å². The molecule has 0 aromatic heterocycles. The first-order chi connectivity index (χ1) is 6.40. The maximum atomic E-state index is 12.1. The van der Waals surface area contributed by atoms with Gasteiger partial charge in [-0.15, -0.1) is 0 Å². The molecule has 1 N–H and O–H groups in total. The van der Waals surface area contributed by atoms with Crippen molar-refractivity contribution in [3.05, 3.63) is 0 Å². The van der Waals surface area contributed by atoms with Gasteiger partial charge in [-0.05, 0) is 20.0 Å². The van der Waals surface area contributed by atoms with E-state index in [0.29, 0.717) is 6.54 Å². The molecule has 0 aliphatic carbocycles. The van der Waals surface area contributed by atoms with E-state index in [4.69, 9.17) is 0 Å². The minimum atomic E-state index is -4.10. The van der Waals surface area contributed by atoms with Crippen LogP contribution in [0.4, 0.5) is 13.2 Å². The summed E-state index contributed by atoms with van der Waals surface area (Å²) in [5, 5.41) is 3.06. The van der Waals surface area contributed by atoms with Gasteiger partial charge in [0.25, 0.3) is 0 Å². The van der Waals surface area contributed by atoms with E-state index in [0.717, 1.165) is 13.0 Å². The molecule has 0 radical (unpaired) electrons. The average molecular weight is 212 g/mol. The number of hydrogen-bond donors (Lipinski definition) is 1. The van der Waals surface area contributed by atoms with E-state index in [-0.39, 0.29) is 6.04 Å². The van der Waals surface area contributed by atoms with Crippen LogP contribution in [-0.4, -0.2) is 43.8 Å². The van der Waals surface area contributed by atoms with E-state index in [2.05, 4.69) is 5.32 Å². The lowest BCUT2D eigenvalue weighted by atomic mass is 10.2. The van der Waals surface area contributed by atoms with Gasteiger partial charge < -0.3 is 5.32 Å². The second kappa shape index (κ2) is 6.24. The molecular weight excluding hydrogens is 193 g/mol. The molecule has 1 unspecified atom stereocenters. The minimum absolute atomic E-state index is 0.0448. The molecule has 2 nitrogen and oxygen atoms in total. The number of hydrogen-bond acceptors (Lipinski definition) is 2. The second-order valence-corrected chi connectivity index (χ2v) is 3.40. The topological polar surface area (TPSA) is 15.3 Å². The fourth-order valence-electron chi connectivity index (χ4n) is 1.33. The highest BCUT2D eigenvalue weighted by Gasteiger charge is 2.31. The first-order valence-corrected chi connectivity index (χ1v) is 4.88. The second-order valence-electron chi connectivity index (χ2n) is 3.40. The maximum Gasteiger partial charge on any atom is 0.401 e. The number of rotatable bonds is 6. The molecule has 0 aliphatic heterocycles. The van der Waals surface area contributed by atoms with E-state index in [1.807, 2.05) is 13.8 Å². The largest absolute Gasteiger partial charge is 0.401 e. The maximum absolute atomic E-state index is 12.1. The highest BCUT2D eigenvalue weighted by atomic mass is 19.4. The minimum Gasteiger partial charge on any atom is -0.315 e. The lowest BCUT2D eigenvalue weighted by molar-refractivity contribution is -0.147. The molecule has 0 bridgehead atoms. The van der Waals surface area contributed by atoms with Gasteiger partial charge in [0, 0.05) is 12.6 Å². The Hall–Kier alpha value is -0.290. The van der Waals surface area contributed by atoms with Gasteiger partial charge in [0.1, 0.15) is 0 Å². The van der Waals surface area contributed by atoms with Gasteiger partial charge >= 0.3 is 6.18 Å². The zero-order chi connectivity index (χ0) is 11.2. The predicted octanol–water partition coefficient (Wildman–Crippen LogP) is 1.87. The Balaban J connectivity index is 3.97. The molecule has 86 valence electrons. The van der Waals surface area contributed by atoms with Crippen LogP contribution in [0.1, 0.15) is 20.3 Å². The Kier molecular flexibility index (Phi) is 6.11. The molecule has 0 rings (SSSR count). The van der Waals surface area contributed by atoms with Crippen LogP contribution >= 0.6 is 0 Å². The van der Waals surface area contributed by atoms with Crippen molar-refractivity contribution in [1.29, 1.82) is 0 Å². The van der Waals surface area contributed by atoms with Crippen molar-refractivity contribution in [2.75, 3.05) is 26.7 Å². The summed E-state index contributed by atoms with van der Waals surface area (Å²) in [5.41, 5.74) is 0. The summed E-state index contributed by atoms with van der Waals surface area (Å²) in [6.45, 7) is 4.40. The Labute approximate surface area is 83.5 Å². The van der Waals surface area contributed by atoms with Gasteiger partial charge in [-0.3, -0.25) is 4.90 Å². The van der Waals surface area contributed by atoms with Crippen LogP contribution in [-0.2, 0) is 0 Å². The van der Waals surface area contributed by atoms with Crippen LogP contribution in [0, 0.1) is 0 Å². The number of alkyl halides is 3. The third-order valence-corrected chi connectivity index (χ3v) is 2.15. The van der Waals surface area contributed by atoms with Crippen LogP contribution < -0.4 is 5.32 Å². The molecule has 5 heteroatoms. The third kappa shape index (κ3) is 6.21. The Morgan fingerprint density at radius 3 is 2.21 bits per heavy atom. The standard InChI is InChI=1S/C9H19F3N2/c1-4-8(6-13-5-2)14(3)7-9(10,11)12/h8,13H,4-7H2,1-3H3. The first-order valence-electron chi connectivity index (χ1n) is 4.88. The molecular formula is C9H19F3N2. The summed E-state index contributed by atoms with van der Waals surface area (Å²) in [6.07, 6.45) is -3.38. The molecule has 0 saturated heterocycles. The van der Waals surface area contributed by atoms with E-state index in [9.17, 15) is 13.2 Å². The van der Waals surface area contributed by atoms with Crippen LogP contribution in [0.15, 0.2) is 0 Å². The first kappa shape index (κ1) is 13.7. The van der Waals surface area contributed by atoms with Gasteiger partial charge in [0.2, 0.25) is 0 Å². The summed E-state index contributed by atoms with van der Waals surface area (Å²) in [7, 11) is 1.51. The van der Waals surface area contributed by atoms with Crippen molar-refractivity contribution in [2.45, 2.75) is 32.5 Å². The van der Waals surface area contributed by atoms with E-state index >= 15 is 0 Å². The number of nitrogens with zero attached hydrogens (tertiary/aromatic N) is 1. The lowest BCUT2D eigenvalue weighted by Gasteiger charge is -2.28. The normalized spacial score (nSPS) is 14.8. The molecule has 0 heterocycles. The Bertz CT molecular complexity index is 147. The quantitative estimate of drug-likeness (QED) is 0.723. The van der Waals surface area contributed by atoms with Gasteiger partial charge in [-0.1, -0.05) is 13.8 Å². The summed E-state index contributed by atoms with van der Waals surface area (Å²) in [6, 6.07) is -0.0448. The zero-order valence-corrected chi connectivity index (χ0v) is 8.99. The smallest absolute Gasteiger partial charge is 0.315 e. The van der Waals surface area contributed by atoms with Crippen molar-refractivity contribution >= 4 is 0 Å². The van der Waals surface area contributed by atoms with Crippen LogP contribution in [0.5, 0.6) is 0 Å². The van der Waals surface area contributed by atoms with Crippen LogP contribution in [0.2, 0.25) is 0 Å². The van der Waals surface area contributed by atoms with E-state index in [1.165, 1.54) is 11.9 Å². The monoisotopic (exact) mass is 212 g/mol. The molecule has 0 aromatic carbocycles. The molecule has 0 amide bonds. The highest BCUT2D eigenvalue weighted by molar-refractivity contribution is 4.71.